The Morgan fingerprint density at radius 3 is 2.71 bits per heavy atom. The van der Waals surface area contributed by atoms with Gasteiger partial charge >= 0.3 is 0 Å². The number of hydrogen-bond donors (Lipinski definition) is 1. The molecule has 1 heterocycles. The van der Waals surface area contributed by atoms with Gasteiger partial charge in [0.15, 0.2) is 0 Å². The second-order valence-corrected chi connectivity index (χ2v) is 7.51. The Kier molecular flexibility index (Phi) is 3.54. The molecule has 1 aliphatic rings. The van der Waals surface area contributed by atoms with Crippen molar-refractivity contribution in [3.05, 3.63) is 48.3 Å². The van der Waals surface area contributed by atoms with Gasteiger partial charge in [0.2, 0.25) is 0 Å². The van der Waals surface area contributed by atoms with Gasteiger partial charge in [-0.1, -0.05) is 18.2 Å². The van der Waals surface area contributed by atoms with E-state index in [1.807, 2.05) is 12.1 Å². The van der Waals surface area contributed by atoms with Crippen LogP contribution in [0.5, 0.6) is 0 Å². The molecule has 0 saturated heterocycles. The Balaban J connectivity index is 2.14. The number of nitrogen functional groups attached to an aromatic ring is 1. The van der Waals surface area contributed by atoms with Crippen LogP contribution in [0.4, 0.5) is 15.8 Å². The molecular formula is C14H13FN2O2S2. The molecule has 0 atom stereocenters. The maximum Gasteiger partial charge on any atom is 0.266 e. The lowest BCUT2D eigenvalue weighted by Gasteiger charge is -2.30. The molecule has 0 aromatic heterocycles. The molecule has 2 aromatic rings. The van der Waals surface area contributed by atoms with Crippen molar-refractivity contribution in [1.29, 1.82) is 0 Å². The first-order valence-corrected chi connectivity index (χ1v) is 8.73. The third kappa shape index (κ3) is 2.36. The number of sulfonamides is 1. The molecule has 21 heavy (non-hydrogen) atoms. The zero-order valence-electron chi connectivity index (χ0n) is 11.0. The molecule has 0 amide bonds. The maximum absolute atomic E-state index is 13.6. The van der Waals surface area contributed by atoms with E-state index in [2.05, 4.69) is 0 Å². The fourth-order valence-electron chi connectivity index (χ4n) is 2.25. The Morgan fingerprint density at radius 1 is 1.14 bits per heavy atom. The first-order valence-electron chi connectivity index (χ1n) is 6.30. The number of rotatable bonds is 2. The molecule has 7 heteroatoms. The largest absolute Gasteiger partial charge is 0.395 e. The molecule has 0 aliphatic carbocycles. The predicted molar refractivity (Wildman–Crippen MR) is 82.5 cm³/mol. The van der Waals surface area contributed by atoms with Gasteiger partial charge in [-0.15, -0.1) is 11.8 Å². The summed E-state index contributed by atoms with van der Waals surface area (Å²) in [5.41, 5.74) is 5.88. The molecule has 110 valence electrons. The third-order valence-electron chi connectivity index (χ3n) is 3.27. The van der Waals surface area contributed by atoms with E-state index in [9.17, 15) is 12.8 Å². The van der Waals surface area contributed by atoms with E-state index in [4.69, 9.17) is 5.73 Å². The summed E-state index contributed by atoms with van der Waals surface area (Å²) in [6.45, 7) is 0.333. The van der Waals surface area contributed by atoms with E-state index in [1.54, 1.807) is 23.9 Å². The Morgan fingerprint density at radius 2 is 1.90 bits per heavy atom. The first kappa shape index (κ1) is 14.2. The summed E-state index contributed by atoms with van der Waals surface area (Å²) in [4.78, 5) is 0.700. The summed E-state index contributed by atoms with van der Waals surface area (Å²) in [5.74, 6) is -0.0819. The van der Waals surface area contributed by atoms with Crippen molar-refractivity contribution in [3.8, 4) is 0 Å². The molecule has 0 saturated carbocycles. The molecule has 2 aromatic carbocycles. The summed E-state index contributed by atoms with van der Waals surface area (Å²) < 4.78 is 40.4. The van der Waals surface area contributed by atoms with Crippen LogP contribution < -0.4 is 10.0 Å². The summed E-state index contributed by atoms with van der Waals surface area (Å²) in [6.07, 6.45) is 0. The van der Waals surface area contributed by atoms with Gasteiger partial charge in [-0.25, -0.2) is 12.8 Å². The smallest absolute Gasteiger partial charge is 0.266 e. The van der Waals surface area contributed by atoms with Crippen LogP contribution in [0, 0.1) is 5.82 Å². The van der Waals surface area contributed by atoms with E-state index >= 15 is 0 Å². The van der Waals surface area contributed by atoms with Crippen LogP contribution in [0.2, 0.25) is 0 Å². The van der Waals surface area contributed by atoms with Crippen LogP contribution in [0.1, 0.15) is 0 Å². The number of para-hydroxylation sites is 2. The van der Waals surface area contributed by atoms with Crippen molar-refractivity contribution in [3.63, 3.8) is 0 Å². The number of nitrogens with zero attached hydrogens (tertiary/aromatic N) is 1. The van der Waals surface area contributed by atoms with Crippen LogP contribution in [0.3, 0.4) is 0 Å². The van der Waals surface area contributed by atoms with Crippen molar-refractivity contribution < 1.29 is 12.8 Å². The summed E-state index contributed by atoms with van der Waals surface area (Å²) >= 11 is 1.60. The van der Waals surface area contributed by atoms with Crippen LogP contribution in [-0.2, 0) is 10.0 Å². The van der Waals surface area contributed by atoms with Crippen molar-refractivity contribution in [1.82, 2.24) is 0 Å². The number of anilines is 2. The second-order valence-electron chi connectivity index (χ2n) is 4.55. The first-order chi connectivity index (χ1) is 10.0. The van der Waals surface area contributed by atoms with Crippen molar-refractivity contribution in [2.24, 2.45) is 0 Å². The number of fused-ring (bicyclic) bond motifs is 1. The summed E-state index contributed by atoms with van der Waals surface area (Å²) in [6, 6.07) is 11.1. The highest BCUT2D eigenvalue weighted by atomic mass is 32.2. The standard InChI is InChI=1S/C14H13FN2O2S2/c15-10-4-3-7-13(14(10)16)21(18,19)17-8-9-20-12-6-2-1-5-11(12)17/h1-7H,8-9,16H2. The van der Waals surface area contributed by atoms with Gasteiger partial charge in [-0.05, 0) is 24.3 Å². The van der Waals surface area contributed by atoms with Crippen LogP contribution in [0.15, 0.2) is 52.3 Å². The van der Waals surface area contributed by atoms with Gasteiger partial charge in [-0.3, -0.25) is 4.31 Å². The van der Waals surface area contributed by atoms with Crippen LogP contribution in [0.25, 0.3) is 0 Å². The molecule has 4 nitrogen and oxygen atoms in total. The minimum absolute atomic E-state index is 0.191. The van der Waals surface area contributed by atoms with Crippen LogP contribution in [-0.4, -0.2) is 20.7 Å². The lowest BCUT2D eigenvalue weighted by Crippen LogP contribution is -2.35. The Hall–Kier alpha value is -1.73. The van der Waals surface area contributed by atoms with Crippen LogP contribution >= 0.6 is 11.8 Å². The van der Waals surface area contributed by atoms with Gasteiger partial charge in [-0.2, -0.15) is 0 Å². The normalized spacial score (nSPS) is 14.8. The molecule has 0 radical (unpaired) electrons. The SMILES string of the molecule is Nc1c(F)cccc1S(=O)(=O)N1CCSc2ccccc21. The van der Waals surface area contributed by atoms with E-state index in [0.29, 0.717) is 18.0 Å². The predicted octanol–water partition coefficient (Wildman–Crippen LogP) is 2.71. The minimum Gasteiger partial charge on any atom is -0.395 e. The molecule has 0 fully saturated rings. The zero-order valence-corrected chi connectivity index (χ0v) is 12.6. The van der Waals surface area contributed by atoms with Gasteiger partial charge in [0, 0.05) is 17.2 Å². The molecule has 1 aliphatic heterocycles. The molecule has 2 N–H and O–H groups in total. The van der Waals surface area contributed by atoms with E-state index in [0.717, 1.165) is 11.0 Å². The molecular weight excluding hydrogens is 311 g/mol. The lowest BCUT2D eigenvalue weighted by molar-refractivity contribution is 0.588. The lowest BCUT2D eigenvalue weighted by atomic mass is 10.3. The fourth-order valence-corrected chi connectivity index (χ4v) is 5.04. The van der Waals surface area contributed by atoms with Crippen molar-refractivity contribution in [2.45, 2.75) is 9.79 Å². The second kappa shape index (κ2) is 5.23. The quantitative estimate of drug-likeness (QED) is 0.863. The highest BCUT2D eigenvalue weighted by Crippen LogP contribution is 2.38. The fraction of sp³-hybridized carbons (Fsp3) is 0.143. The average molecular weight is 324 g/mol. The number of thioether (sulfide) groups is 1. The minimum atomic E-state index is -3.87. The average Bonchev–Trinajstić information content (AvgIpc) is 2.49. The topological polar surface area (TPSA) is 63.4 Å². The molecule has 3 rings (SSSR count). The summed E-state index contributed by atoms with van der Waals surface area (Å²) in [7, 11) is -3.87. The van der Waals surface area contributed by atoms with E-state index in [-0.39, 0.29) is 10.6 Å². The zero-order chi connectivity index (χ0) is 15.0. The highest BCUT2D eigenvalue weighted by molar-refractivity contribution is 8.00. The third-order valence-corrected chi connectivity index (χ3v) is 6.18. The van der Waals surface area contributed by atoms with Gasteiger partial charge in [0.25, 0.3) is 10.0 Å². The number of nitrogens with two attached hydrogens (primary N) is 1. The van der Waals surface area contributed by atoms with Crippen molar-refractivity contribution >= 4 is 33.2 Å². The molecule has 0 unspecified atom stereocenters. The van der Waals surface area contributed by atoms with Gasteiger partial charge in [0.05, 0.1) is 11.4 Å². The Bertz CT molecular complexity index is 793. The molecule has 0 spiro atoms. The number of halogens is 1. The monoisotopic (exact) mass is 324 g/mol. The van der Waals surface area contributed by atoms with Gasteiger partial charge < -0.3 is 5.73 Å². The Labute approximate surface area is 126 Å². The number of benzene rings is 2. The van der Waals surface area contributed by atoms with Gasteiger partial charge in [0.1, 0.15) is 10.7 Å². The number of hydrogen-bond acceptors (Lipinski definition) is 4. The van der Waals surface area contributed by atoms with Crippen molar-refractivity contribution in [2.75, 3.05) is 22.3 Å². The van der Waals surface area contributed by atoms with E-state index < -0.39 is 15.8 Å². The molecule has 0 bridgehead atoms. The maximum atomic E-state index is 13.6. The summed E-state index contributed by atoms with van der Waals surface area (Å²) in [5, 5.41) is 0. The van der Waals surface area contributed by atoms with E-state index in [1.165, 1.54) is 16.4 Å². The highest BCUT2D eigenvalue weighted by Gasteiger charge is 2.31.